The van der Waals surface area contributed by atoms with E-state index >= 15 is 0 Å². The Kier molecular flexibility index (Phi) is 7.17. The SMILES string of the molecule is CCN(C)CCc1cc(C)c(OC(=S)N=C(N)c2cnccn2)cc1C. The first kappa shape index (κ1) is 19.9. The lowest BCUT2D eigenvalue weighted by Crippen LogP contribution is -2.21. The summed E-state index contributed by atoms with van der Waals surface area (Å²) in [5.41, 5.74) is 9.85. The minimum Gasteiger partial charge on any atom is -0.430 e. The van der Waals surface area contributed by atoms with Gasteiger partial charge in [-0.1, -0.05) is 13.0 Å². The number of nitrogens with two attached hydrogens (primary N) is 1. The van der Waals surface area contributed by atoms with Crippen LogP contribution in [0.5, 0.6) is 5.75 Å². The molecule has 0 unspecified atom stereocenters. The molecule has 0 aliphatic carbocycles. The van der Waals surface area contributed by atoms with E-state index in [0.717, 1.165) is 25.1 Å². The predicted molar refractivity (Wildman–Crippen MR) is 109 cm³/mol. The monoisotopic (exact) mass is 371 g/mol. The van der Waals surface area contributed by atoms with E-state index in [1.54, 1.807) is 12.4 Å². The number of likely N-dealkylation sites (N-methyl/N-ethyl adjacent to an activating group) is 1. The van der Waals surface area contributed by atoms with Crippen LogP contribution in [0.25, 0.3) is 0 Å². The van der Waals surface area contributed by atoms with Gasteiger partial charge in [0, 0.05) is 18.9 Å². The summed E-state index contributed by atoms with van der Waals surface area (Å²) in [5, 5.41) is 0.0501. The number of benzene rings is 1. The molecule has 0 radical (unpaired) electrons. The molecule has 1 aromatic heterocycles. The lowest BCUT2D eigenvalue weighted by atomic mass is 10.0. The highest BCUT2D eigenvalue weighted by Gasteiger charge is 2.10. The van der Waals surface area contributed by atoms with Gasteiger partial charge in [0.1, 0.15) is 11.4 Å². The summed E-state index contributed by atoms with van der Waals surface area (Å²) in [6, 6.07) is 4.14. The molecule has 0 spiro atoms. The van der Waals surface area contributed by atoms with Crippen LogP contribution in [0, 0.1) is 13.8 Å². The summed E-state index contributed by atoms with van der Waals surface area (Å²) < 4.78 is 5.73. The number of amidine groups is 1. The minimum atomic E-state index is 0.0501. The van der Waals surface area contributed by atoms with Gasteiger partial charge in [-0.25, -0.2) is 4.98 Å². The van der Waals surface area contributed by atoms with Crippen LogP contribution >= 0.6 is 12.2 Å². The van der Waals surface area contributed by atoms with Crippen molar-refractivity contribution in [2.45, 2.75) is 27.2 Å². The fourth-order valence-corrected chi connectivity index (χ4v) is 2.59. The Morgan fingerprint density at radius 2 is 2.04 bits per heavy atom. The Labute approximate surface area is 160 Å². The van der Waals surface area contributed by atoms with Crippen LogP contribution in [0.3, 0.4) is 0 Å². The second-order valence-electron chi connectivity index (χ2n) is 6.15. The smallest absolute Gasteiger partial charge is 0.290 e. The van der Waals surface area contributed by atoms with Crippen molar-refractivity contribution in [3.63, 3.8) is 0 Å². The molecule has 0 bridgehead atoms. The molecule has 0 saturated heterocycles. The fourth-order valence-electron chi connectivity index (χ4n) is 2.40. The van der Waals surface area contributed by atoms with Crippen molar-refractivity contribution in [1.82, 2.24) is 14.9 Å². The summed E-state index contributed by atoms with van der Waals surface area (Å²) in [6.45, 7) is 8.30. The maximum Gasteiger partial charge on any atom is 0.290 e. The third-order valence-electron chi connectivity index (χ3n) is 4.17. The first-order valence-corrected chi connectivity index (χ1v) is 8.92. The zero-order valence-corrected chi connectivity index (χ0v) is 16.5. The van der Waals surface area contributed by atoms with Gasteiger partial charge in [0.05, 0.1) is 6.20 Å². The van der Waals surface area contributed by atoms with Gasteiger partial charge < -0.3 is 15.4 Å². The summed E-state index contributed by atoms with van der Waals surface area (Å²) in [7, 11) is 2.12. The third kappa shape index (κ3) is 5.57. The van der Waals surface area contributed by atoms with E-state index in [9.17, 15) is 0 Å². The molecule has 2 rings (SSSR count). The molecule has 0 amide bonds. The first-order chi connectivity index (χ1) is 12.4. The molecule has 0 aliphatic heterocycles. The highest BCUT2D eigenvalue weighted by atomic mass is 32.1. The Morgan fingerprint density at radius 3 is 2.69 bits per heavy atom. The first-order valence-electron chi connectivity index (χ1n) is 8.51. The molecular weight excluding hydrogens is 346 g/mol. The van der Waals surface area contributed by atoms with Crippen LogP contribution in [0.2, 0.25) is 0 Å². The number of thiocarbonyl (C=S) groups is 1. The summed E-state index contributed by atoms with van der Waals surface area (Å²) in [6.07, 6.45) is 5.64. The number of aryl methyl sites for hydroxylation is 2. The number of hydrogen-bond donors (Lipinski definition) is 1. The molecule has 26 heavy (non-hydrogen) atoms. The number of ether oxygens (including phenoxy) is 1. The number of aliphatic imine (C=N–C) groups is 1. The van der Waals surface area contributed by atoms with Crippen molar-refractivity contribution < 1.29 is 4.74 Å². The number of aromatic nitrogens is 2. The molecule has 0 atom stereocenters. The van der Waals surface area contributed by atoms with Crippen molar-refractivity contribution >= 4 is 23.2 Å². The maximum atomic E-state index is 5.90. The maximum absolute atomic E-state index is 5.90. The zero-order chi connectivity index (χ0) is 19.1. The molecule has 138 valence electrons. The normalized spacial score (nSPS) is 11.7. The zero-order valence-electron chi connectivity index (χ0n) is 15.7. The summed E-state index contributed by atoms with van der Waals surface area (Å²) >= 11 is 5.20. The number of nitrogens with zero attached hydrogens (tertiary/aromatic N) is 4. The number of rotatable bonds is 6. The average Bonchev–Trinajstić information content (AvgIpc) is 2.63. The molecule has 1 aromatic carbocycles. The van der Waals surface area contributed by atoms with Crippen molar-refractivity contribution in [3.8, 4) is 5.75 Å². The standard InChI is InChI=1S/C19H25N5OS/c1-5-24(4)9-6-15-10-14(3)17(11-13(15)2)25-19(26)23-18(20)16-12-21-7-8-22-16/h7-8,10-12H,5-6,9H2,1-4H3,(H2,20,23,26). The molecule has 7 heteroatoms. The highest BCUT2D eigenvalue weighted by molar-refractivity contribution is 7.80. The Morgan fingerprint density at radius 1 is 1.27 bits per heavy atom. The van der Waals surface area contributed by atoms with E-state index < -0.39 is 0 Å². The molecule has 2 N–H and O–H groups in total. The second kappa shape index (κ2) is 9.35. The largest absolute Gasteiger partial charge is 0.430 e. The molecule has 2 aromatic rings. The quantitative estimate of drug-likeness (QED) is 0.478. The van der Waals surface area contributed by atoms with E-state index in [2.05, 4.69) is 46.8 Å². The second-order valence-corrected chi connectivity index (χ2v) is 6.49. The van der Waals surface area contributed by atoms with Gasteiger partial charge >= 0.3 is 0 Å². The molecule has 0 saturated carbocycles. The predicted octanol–water partition coefficient (Wildman–Crippen LogP) is 2.66. The van der Waals surface area contributed by atoms with E-state index in [-0.39, 0.29) is 11.0 Å². The molecular formula is C19H25N5OS. The Bertz CT molecular complexity index is 792. The van der Waals surface area contributed by atoms with Gasteiger partial charge in [-0.05, 0) is 68.8 Å². The topological polar surface area (TPSA) is 76.6 Å². The van der Waals surface area contributed by atoms with Gasteiger partial charge in [0.25, 0.3) is 5.17 Å². The molecule has 0 fully saturated rings. The minimum absolute atomic E-state index is 0.0501. The van der Waals surface area contributed by atoms with Crippen molar-refractivity contribution in [3.05, 3.63) is 53.1 Å². The molecule has 1 heterocycles. The van der Waals surface area contributed by atoms with Crippen LogP contribution in [-0.2, 0) is 6.42 Å². The van der Waals surface area contributed by atoms with Gasteiger partial charge in [0.15, 0.2) is 5.84 Å². The van der Waals surface area contributed by atoms with Crippen LogP contribution in [0.15, 0.2) is 35.7 Å². The summed E-state index contributed by atoms with van der Waals surface area (Å²) in [5.74, 6) is 0.868. The lowest BCUT2D eigenvalue weighted by Gasteiger charge is -2.16. The van der Waals surface area contributed by atoms with Gasteiger partial charge in [0.2, 0.25) is 0 Å². The van der Waals surface area contributed by atoms with Crippen molar-refractivity contribution in [1.29, 1.82) is 0 Å². The molecule has 0 aliphatic rings. The fraction of sp³-hybridized carbons (Fsp3) is 0.368. The van der Waals surface area contributed by atoms with E-state index in [1.807, 2.05) is 13.0 Å². The Balaban J connectivity index is 2.09. The average molecular weight is 372 g/mol. The van der Waals surface area contributed by atoms with Gasteiger partial charge in [-0.15, -0.1) is 0 Å². The lowest BCUT2D eigenvalue weighted by molar-refractivity contribution is 0.357. The summed E-state index contributed by atoms with van der Waals surface area (Å²) in [4.78, 5) is 14.4. The highest BCUT2D eigenvalue weighted by Crippen LogP contribution is 2.24. The van der Waals surface area contributed by atoms with Crippen LogP contribution in [0.4, 0.5) is 0 Å². The van der Waals surface area contributed by atoms with Gasteiger partial charge in [-0.3, -0.25) is 4.98 Å². The van der Waals surface area contributed by atoms with Crippen molar-refractivity contribution in [2.75, 3.05) is 20.1 Å². The third-order valence-corrected chi connectivity index (χ3v) is 4.35. The van der Waals surface area contributed by atoms with Crippen LogP contribution in [0.1, 0.15) is 29.3 Å². The van der Waals surface area contributed by atoms with Crippen LogP contribution in [-0.4, -0.2) is 46.0 Å². The Hall–Kier alpha value is -2.38. The van der Waals surface area contributed by atoms with E-state index in [0.29, 0.717) is 11.4 Å². The molecule has 6 nitrogen and oxygen atoms in total. The van der Waals surface area contributed by atoms with Crippen molar-refractivity contribution in [2.24, 2.45) is 10.7 Å². The number of hydrogen-bond acceptors (Lipinski definition) is 5. The van der Waals surface area contributed by atoms with E-state index in [1.165, 1.54) is 17.3 Å². The van der Waals surface area contributed by atoms with Crippen LogP contribution < -0.4 is 10.5 Å². The van der Waals surface area contributed by atoms with Gasteiger partial charge in [-0.2, -0.15) is 4.99 Å². The van der Waals surface area contributed by atoms with E-state index in [4.69, 9.17) is 22.7 Å².